The van der Waals surface area contributed by atoms with Crippen molar-refractivity contribution in [2.75, 3.05) is 26.4 Å². The van der Waals surface area contributed by atoms with E-state index >= 15 is 0 Å². The van der Waals surface area contributed by atoms with Gasteiger partial charge in [0.15, 0.2) is 6.10 Å². The number of aliphatic hydroxyl groups excluding tert-OH is 1. The number of hydrogen-bond donors (Lipinski definition) is 3. The van der Waals surface area contributed by atoms with Crippen molar-refractivity contribution in [3.05, 3.63) is 73.1 Å². The molecule has 0 radical (unpaired) electrons. The predicted molar refractivity (Wildman–Crippen MR) is 220 cm³/mol. The number of esters is 1. The number of phosphoric ester groups is 1. The summed E-state index contributed by atoms with van der Waals surface area (Å²) in [5.74, 6) is -0.361. The SMILES string of the molecule is CCCCCCCC/C=C\CCCCCC/C=C/O[C@H](COC(=O)CCC/C=C\C/C=C\C/C=C\C/C=C\CC[C@@H](O)CC)COP(=O)(O)OCCN. The van der Waals surface area contributed by atoms with Crippen molar-refractivity contribution in [2.24, 2.45) is 5.73 Å². The quantitative estimate of drug-likeness (QED) is 0.0184. The van der Waals surface area contributed by atoms with Crippen LogP contribution in [-0.2, 0) is 27.9 Å². The van der Waals surface area contributed by atoms with E-state index in [2.05, 4.69) is 67.7 Å². The Balaban J connectivity index is 4.25. The van der Waals surface area contributed by atoms with Crippen molar-refractivity contribution in [1.29, 1.82) is 0 Å². The second-order valence-electron chi connectivity index (χ2n) is 13.3. The number of aliphatic hydroxyl groups is 1. The van der Waals surface area contributed by atoms with Gasteiger partial charge in [-0.3, -0.25) is 13.8 Å². The summed E-state index contributed by atoms with van der Waals surface area (Å²) in [6, 6.07) is 0. The third-order valence-electron chi connectivity index (χ3n) is 8.35. The molecule has 0 aromatic carbocycles. The van der Waals surface area contributed by atoms with Crippen LogP contribution in [0.1, 0.15) is 155 Å². The van der Waals surface area contributed by atoms with Crippen LogP contribution in [0.25, 0.3) is 0 Å². The number of carbonyl (C=O) groups excluding carboxylic acids is 1. The van der Waals surface area contributed by atoms with E-state index in [4.69, 9.17) is 24.3 Å². The first-order chi connectivity index (χ1) is 25.8. The minimum atomic E-state index is -4.29. The van der Waals surface area contributed by atoms with Crippen LogP contribution in [0.4, 0.5) is 0 Å². The van der Waals surface area contributed by atoms with E-state index in [0.29, 0.717) is 6.42 Å². The molecule has 0 aliphatic rings. The van der Waals surface area contributed by atoms with Gasteiger partial charge in [0.1, 0.15) is 6.61 Å². The number of unbranched alkanes of at least 4 members (excludes halogenated alkanes) is 12. The molecule has 306 valence electrons. The summed E-state index contributed by atoms with van der Waals surface area (Å²) in [5.41, 5.74) is 5.35. The molecule has 0 aliphatic carbocycles. The van der Waals surface area contributed by atoms with Gasteiger partial charge in [-0.15, -0.1) is 0 Å². The lowest BCUT2D eigenvalue weighted by Crippen LogP contribution is -2.25. The Morgan fingerprint density at radius 1 is 0.660 bits per heavy atom. The normalized spacial score (nSPS) is 14.8. The highest BCUT2D eigenvalue weighted by atomic mass is 31.2. The standard InChI is InChI=1S/C43H76NO8P/c1-3-5-6-7-8-9-10-11-12-15-18-21-24-27-30-33-37-49-42(40-52-53(47,48)51-38-36-44)39-50-43(46)35-32-29-26-23-20-17-14-13-16-19-22-25-28-31-34-41(45)4-2/h11-12,14,16-17,19,23,25-26,28,33,37,41-42,45H,3-10,13,15,18,20-22,24,27,29-32,34-36,38-40,44H2,1-2H3,(H,47,48)/b12-11-,17-14-,19-16-,26-23-,28-25-,37-33+/t41-,42+/m0/s1. The lowest BCUT2D eigenvalue weighted by molar-refractivity contribution is -0.147. The number of rotatable bonds is 38. The first-order valence-corrected chi connectivity index (χ1v) is 22.0. The van der Waals surface area contributed by atoms with Crippen LogP contribution in [0.15, 0.2) is 73.1 Å². The van der Waals surface area contributed by atoms with Crippen LogP contribution in [0, 0.1) is 0 Å². The van der Waals surface area contributed by atoms with Crippen LogP contribution < -0.4 is 5.73 Å². The Morgan fingerprint density at radius 3 is 1.75 bits per heavy atom. The number of ether oxygens (including phenoxy) is 2. The van der Waals surface area contributed by atoms with Gasteiger partial charge in [0, 0.05) is 13.0 Å². The van der Waals surface area contributed by atoms with Crippen molar-refractivity contribution in [1.82, 2.24) is 0 Å². The average Bonchev–Trinajstić information content (AvgIpc) is 3.15. The fourth-order valence-corrected chi connectivity index (χ4v) is 5.83. The Bertz CT molecular complexity index is 1050. The molecular formula is C43H76NO8P. The molecule has 1 unspecified atom stereocenters. The maximum absolute atomic E-state index is 12.4. The number of allylic oxidation sites excluding steroid dienone is 11. The molecule has 0 aliphatic heterocycles. The van der Waals surface area contributed by atoms with E-state index in [1.54, 1.807) is 6.26 Å². The van der Waals surface area contributed by atoms with Gasteiger partial charge in [-0.05, 0) is 96.0 Å². The summed E-state index contributed by atoms with van der Waals surface area (Å²) < 4.78 is 33.1. The maximum Gasteiger partial charge on any atom is 0.472 e. The summed E-state index contributed by atoms with van der Waals surface area (Å²) in [6.07, 6.45) is 46.8. The second-order valence-corrected chi connectivity index (χ2v) is 14.8. The van der Waals surface area contributed by atoms with E-state index in [0.717, 1.165) is 70.6 Å². The van der Waals surface area contributed by atoms with E-state index in [-0.39, 0.29) is 44.9 Å². The van der Waals surface area contributed by atoms with E-state index in [9.17, 15) is 19.4 Å². The molecule has 53 heavy (non-hydrogen) atoms. The van der Waals surface area contributed by atoms with Crippen LogP contribution in [0.5, 0.6) is 0 Å². The maximum atomic E-state index is 12.4. The monoisotopic (exact) mass is 766 g/mol. The molecule has 4 N–H and O–H groups in total. The molecule has 0 bridgehead atoms. The molecule has 0 amide bonds. The largest absolute Gasteiger partial charge is 0.492 e. The zero-order valence-electron chi connectivity index (χ0n) is 33.3. The highest BCUT2D eigenvalue weighted by Crippen LogP contribution is 2.43. The van der Waals surface area contributed by atoms with E-state index < -0.39 is 13.9 Å². The van der Waals surface area contributed by atoms with Gasteiger partial charge in [0.05, 0.1) is 25.6 Å². The molecule has 0 saturated heterocycles. The van der Waals surface area contributed by atoms with Gasteiger partial charge in [-0.2, -0.15) is 0 Å². The molecule has 0 spiro atoms. The van der Waals surface area contributed by atoms with Crippen molar-refractivity contribution < 1.29 is 37.9 Å². The minimum Gasteiger partial charge on any atom is -0.492 e. The zero-order valence-corrected chi connectivity index (χ0v) is 34.2. The zero-order chi connectivity index (χ0) is 38.9. The van der Waals surface area contributed by atoms with Crippen LogP contribution in [-0.4, -0.2) is 54.5 Å². The molecule has 0 aromatic rings. The number of phosphoric acid groups is 1. The summed E-state index contributed by atoms with van der Waals surface area (Å²) in [5, 5.41) is 9.55. The first kappa shape index (κ1) is 50.7. The molecule has 0 fully saturated rings. The fourth-order valence-electron chi connectivity index (χ4n) is 5.06. The molecular weight excluding hydrogens is 689 g/mol. The third kappa shape index (κ3) is 39.3. The highest BCUT2D eigenvalue weighted by molar-refractivity contribution is 7.47. The Hall–Kier alpha value is -2.26. The van der Waals surface area contributed by atoms with E-state index in [1.807, 2.05) is 13.0 Å². The average molecular weight is 766 g/mol. The summed E-state index contributed by atoms with van der Waals surface area (Å²) in [6.45, 7) is 3.83. The van der Waals surface area contributed by atoms with Crippen molar-refractivity contribution >= 4 is 13.8 Å². The molecule has 0 saturated carbocycles. The summed E-state index contributed by atoms with van der Waals surface area (Å²) in [4.78, 5) is 22.2. The van der Waals surface area contributed by atoms with Crippen LogP contribution in [0.3, 0.4) is 0 Å². The van der Waals surface area contributed by atoms with Gasteiger partial charge in [-0.1, -0.05) is 120 Å². The molecule has 10 heteroatoms. The summed E-state index contributed by atoms with van der Waals surface area (Å²) >= 11 is 0. The highest BCUT2D eigenvalue weighted by Gasteiger charge is 2.24. The number of carbonyl (C=O) groups is 1. The summed E-state index contributed by atoms with van der Waals surface area (Å²) in [7, 11) is -4.29. The minimum absolute atomic E-state index is 0.0830. The predicted octanol–water partition coefficient (Wildman–Crippen LogP) is 11.3. The van der Waals surface area contributed by atoms with Crippen molar-refractivity contribution in [2.45, 2.75) is 167 Å². The number of nitrogens with two attached hydrogens (primary N) is 1. The Kier molecular flexibility index (Phi) is 37.8. The fraction of sp³-hybridized carbons (Fsp3) is 0.698. The van der Waals surface area contributed by atoms with Gasteiger partial charge in [-0.25, -0.2) is 4.57 Å². The lowest BCUT2D eigenvalue weighted by Gasteiger charge is -2.19. The van der Waals surface area contributed by atoms with Crippen LogP contribution >= 0.6 is 7.82 Å². The topological polar surface area (TPSA) is 138 Å². The van der Waals surface area contributed by atoms with Crippen molar-refractivity contribution in [3.63, 3.8) is 0 Å². The third-order valence-corrected chi connectivity index (χ3v) is 9.33. The van der Waals surface area contributed by atoms with Gasteiger partial charge in [0.25, 0.3) is 0 Å². The van der Waals surface area contributed by atoms with Crippen LogP contribution in [0.2, 0.25) is 0 Å². The van der Waals surface area contributed by atoms with Gasteiger partial charge in [0.2, 0.25) is 0 Å². The van der Waals surface area contributed by atoms with Crippen molar-refractivity contribution in [3.8, 4) is 0 Å². The first-order valence-electron chi connectivity index (χ1n) is 20.6. The molecule has 3 atom stereocenters. The lowest BCUT2D eigenvalue weighted by atomic mass is 10.1. The molecule has 9 nitrogen and oxygen atoms in total. The molecule has 0 rings (SSSR count). The Labute approximate surface area is 323 Å². The van der Waals surface area contributed by atoms with E-state index in [1.165, 1.54) is 57.8 Å². The smallest absolute Gasteiger partial charge is 0.472 e. The number of hydrogen-bond acceptors (Lipinski definition) is 8. The van der Waals surface area contributed by atoms with Gasteiger partial charge < -0.3 is 25.2 Å². The Morgan fingerprint density at radius 2 is 1.17 bits per heavy atom. The second kappa shape index (κ2) is 39.4. The molecule has 0 aromatic heterocycles. The molecule has 0 heterocycles. The van der Waals surface area contributed by atoms with Gasteiger partial charge >= 0.3 is 13.8 Å².